The molecule has 0 saturated carbocycles. The standard InChI is InChI=1S/C17H26N4O/c1-20(2)16-8-6-15(7-9-16)14-18-19-17(22)10-13-21-11-4-3-5-12-21/h6-9,14H,3-5,10-13H2,1-2H3,(H,19,22)/b18-14+. The molecule has 0 bridgehead atoms. The highest BCUT2D eigenvalue weighted by Crippen LogP contribution is 2.11. The summed E-state index contributed by atoms with van der Waals surface area (Å²) in [4.78, 5) is 16.2. The summed E-state index contributed by atoms with van der Waals surface area (Å²) in [5.41, 5.74) is 4.72. The second-order valence-electron chi connectivity index (χ2n) is 5.93. The van der Waals surface area contributed by atoms with Gasteiger partial charge < -0.3 is 9.80 Å². The molecule has 2 rings (SSSR count). The van der Waals surface area contributed by atoms with Crippen LogP contribution in [-0.2, 0) is 4.79 Å². The minimum absolute atomic E-state index is 0.0215. The van der Waals surface area contributed by atoms with Gasteiger partial charge in [0.15, 0.2) is 0 Å². The molecular weight excluding hydrogens is 276 g/mol. The van der Waals surface area contributed by atoms with E-state index in [1.807, 2.05) is 43.3 Å². The second-order valence-corrected chi connectivity index (χ2v) is 5.93. The quantitative estimate of drug-likeness (QED) is 0.646. The summed E-state index contributed by atoms with van der Waals surface area (Å²) in [6, 6.07) is 8.02. The Morgan fingerprint density at radius 1 is 1.23 bits per heavy atom. The predicted octanol–water partition coefficient (Wildman–Crippen LogP) is 2.08. The van der Waals surface area contributed by atoms with Gasteiger partial charge in [-0.1, -0.05) is 18.6 Å². The van der Waals surface area contributed by atoms with Crippen LogP contribution in [0.3, 0.4) is 0 Å². The zero-order valence-corrected chi connectivity index (χ0v) is 13.6. The van der Waals surface area contributed by atoms with Crippen LogP contribution >= 0.6 is 0 Å². The van der Waals surface area contributed by atoms with Crippen LogP contribution in [0.4, 0.5) is 5.69 Å². The minimum Gasteiger partial charge on any atom is -0.378 e. The first-order valence-corrected chi connectivity index (χ1v) is 7.97. The van der Waals surface area contributed by atoms with Gasteiger partial charge in [-0.2, -0.15) is 5.10 Å². The fraction of sp³-hybridized carbons (Fsp3) is 0.529. The van der Waals surface area contributed by atoms with Gasteiger partial charge in [0.05, 0.1) is 6.21 Å². The molecule has 1 N–H and O–H groups in total. The summed E-state index contributed by atoms with van der Waals surface area (Å²) >= 11 is 0. The third kappa shape index (κ3) is 5.48. The molecule has 5 nitrogen and oxygen atoms in total. The number of nitrogens with one attached hydrogen (secondary N) is 1. The maximum absolute atomic E-state index is 11.8. The molecule has 0 aliphatic carbocycles. The van der Waals surface area contributed by atoms with Crippen molar-refractivity contribution in [3.63, 3.8) is 0 Å². The molecule has 120 valence electrons. The van der Waals surface area contributed by atoms with Crippen molar-refractivity contribution in [2.75, 3.05) is 38.6 Å². The highest BCUT2D eigenvalue weighted by Gasteiger charge is 2.11. The average Bonchev–Trinajstić information content (AvgIpc) is 2.54. The first-order chi connectivity index (χ1) is 10.6. The maximum Gasteiger partial charge on any atom is 0.241 e. The van der Waals surface area contributed by atoms with E-state index in [0.29, 0.717) is 6.42 Å². The Labute approximate surface area is 133 Å². The van der Waals surface area contributed by atoms with Crippen LogP contribution in [0.2, 0.25) is 0 Å². The van der Waals surface area contributed by atoms with Gasteiger partial charge in [-0.15, -0.1) is 0 Å². The minimum atomic E-state index is -0.0215. The van der Waals surface area contributed by atoms with Gasteiger partial charge in [-0.05, 0) is 43.6 Å². The number of carbonyl (C=O) groups excluding carboxylic acids is 1. The number of carbonyl (C=O) groups is 1. The molecule has 0 radical (unpaired) electrons. The van der Waals surface area contributed by atoms with Crippen molar-refractivity contribution >= 4 is 17.8 Å². The van der Waals surface area contributed by atoms with Crippen LogP contribution in [0.5, 0.6) is 0 Å². The number of likely N-dealkylation sites (tertiary alicyclic amines) is 1. The van der Waals surface area contributed by atoms with Gasteiger partial charge in [-0.25, -0.2) is 5.43 Å². The van der Waals surface area contributed by atoms with Crippen molar-refractivity contribution in [2.24, 2.45) is 5.10 Å². The van der Waals surface area contributed by atoms with E-state index in [1.54, 1.807) is 6.21 Å². The van der Waals surface area contributed by atoms with Crippen molar-refractivity contribution < 1.29 is 4.79 Å². The molecule has 1 aromatic carbocycles. The van der Waals surface area contributed by atoms with Crippen LogP contribution in [0.15, 0.2) is 29.4 Å². The predicted molar refractivity (Wildman–Crippen MR) is 91.4 cm³/mol. The number of benzene rings is 1. The van der Waals surface area contributed by atoms with Crippen molar-refractivity contribution in [3.05, 3.63) is 29.8 Å². The van der Waals surface area contributed by atoms with Crippen molar-refractivity contribution in [3.8, 4) is 0 Å². The second kappa shape index (κ2) is 8.54. The maximum atomic E-state index is 11.8. The first-order valence-electron chi connectivity index (χ1n) is 7.97. The number of hydrogen-bond acceptors (Lipinski definition) is 4. The molecule has 22 heavy (non-hydrogen) atoms. The van der Waals surface area contributed by atoms with E-state index in [2.05, 4.69) is 15.4 Å². The molecule has 0 atom stereocenters. The smallest absolute Gasteiger partial charge is 0.241 e. The Balaban J connectivity index is 1.70. The van der Waals surface area contributed by atoms with Gasteiger partial charge >= 0.3 is 0 Å². The van der Waals surface area contributed by atoms with Gasteiger partial charge in [0.25, 0.3) is 0 Å². The summed E-state index contributed by atoms with van der Waals surface area (Å²) in [5, 5.41) is 4.02. The Morgan fingerprint density at radius 2 is 1.91 bits per heavy atom. The Morgan fingerprint density at radius 3 is 2.55 bits per heavy atom. The molecule has 1 aromatic rings. The lowest BCUT2D eigenvalue weighted by molar-refractivity contribution is -0.121. The molecule has 1 aliphatic heterocycles. The molecular formula is C17H26N4O. The van der Waals surface area contributed by atoms with E-state index < -0.39 is 0 Å². The van der Waals surface area contributed by atoms with E-state index >= 15 is 0 Å². The number of piperidine rings is 1. The number of hydrogen-bond donors (Lipinski definition) is 1. The normalized spacial score (nSPS) is 15.9. The third-order valence-corrected chi connectivity index (χ3v) is 3.92. The number of amides is 1. The Bertz CT molecular complexity index is 490. The fourth-order valence-electron chi connectivity index (χ4n) is 2.54. The number of rotatable bonds is 6. The SMILES string of the molecule is CN(C)c1ccc(/C=N/NC(=O)CCN2CCCCC2)cc1. The monoisotopic (exact) mass is 302 g/mol. The Hall–Kier alpha value is -1.88. The molecule has 1 heterocycles. The molecule has 1 fully saturated rings. The number of nitrogens with zero attached hydrogens (tertiary/aromatic N) is 3. The average molecular weight is 302 g/mol. The molecule has 1 saturated heterocycles. The zero-order valence-electron chi connectivity index (χ0n) is 13.6. The van der Waals surface area contributed by atoms with Crippen molar-refractivity contribution in [1.29, 1.82) is 0 Å². The van der Waals surface area contributed by atoms with E-state index in [-0.39, 0.29) is 5.91 Å². The lowest BCUT2D eigenvalue weighted by Crippen LogP contribution is -2.33. The summed E-state index contributed by atoms with van der Waals surface area (Å²) in [7, 11) is 4.01. The van der Waals surface area contributed by atoms with Crippen LogP contribution in [0.1, 0.15) is 31.2 Å². The number of anilines is 1. The van der Waals surface area contributed by atoms with E-state index in [9.17, 15) is 4.79 Å². The lowest BCUT2D eigenvalue weighted by atomic mass is 10.1. The highest BCUT2D eigenvalue weighted by atomic mass is 16.2. The first kappa shape index (κ1) is 16.5. The summed E-state index contributed by atoms with van der Waals surface area (Å²) in [5.74, 6) is -0.0215. The topological polar surface area (TPSA) is 47.9 Å². The zero-order chi connectivity index (χ0) is 15.8. The molecule has 0 spiro atoms. The molecule has 0 unspecified atom stereocenters. The van der Waals surface area contributed by atoms with Crippen molar-refractivity contribution in [1.82, 2.24) is 10.3 Å². The van der Waals surface area contributed by atoms with Crippen LogP contribution in [-0.4, -0.2) is 50.8 Å². The van der Waals surface area contributed by atoms with Crippen LogP contribution in [0.25, 0.3) is 0 Å². The molecule has 1 aliphatic rings. The van der Waals surface area contributed by atoms with E-state index in [0.717, 1.165) is 30.9 Å². The molecule has 0 aromatic heterocycles. The van der Waals surface area contributed by atoms with Crippen LogP contribution in [0, 0.1) is 0 Å². The highest BCUT2D eigenvalue weighted by molar-refractivity contribution is 5.82. The Kier molecular flexibility index (Phi) is 6.40. The largest absolute Gasteiger partial charge is 0.378 e. The summed E-state index contributed by atoms with van der Waals surface area (Å²) < 4.78 is 0. The van der Waals surface area contributed by atoms with E-state index in [4.69, 9.17) is 0 Å². The summed E-state index contributed by atoms with van der Waals surface area (Å²) in [6.45, 7) is 3.07. The van der Waals surface area contributed by atoms with Crippen molar-refractivity contribution in [2.45, 2.75) is 25.7 Å². The van der Waals surface area contributed by atoms with Gasteiger partial charge in [0.2, 0.25) is 5.91 Å². The van der Waals surface area contributed by atoms with Gasteiger partial charge in [-0.3, -0.25) is 4.79 Å². The fourth-order valence-corrected chi connectivity index (χ4v) is 2.54. The molecule has 5 heteroatoms. The van der Waals surface area contributed by atoms with E-state index in [1.165, 1.54) is 19.3 Å². The third-order valence-electron chi connectivity index (χ3n) is 3.92. The summed E-state index contributed by atoms with van der Waals surface area (Å²) in [6.07, 6.45) is 6.01. The lowest BCUT2D eigenvalue weighted by Gasteiger charge is -2.25. The van der Waals surface area contributed by atoms with Crippen LogP contribution < -0.4 is 10.3 Å². The van der Waals surface area contributed by atoms with Gasteiger partial charge in [0, 0.05) is 32.7 Å². The van der Waals surface area contributed by atoms with Gasteiger partial charge in [0.1, 0.15) is 0 Å². The number of hydrazone groups is 1. The molecule has 1 amide bonds.